The smallest absolute Gasteiger partial charge is 0.107 e. The summed E-state index contributed by atoms with van der Waals surface area (Å²) < 4.78 is 0. The molecule has 0 aliphatic heterocycles. The second kappa shape index (κ2) is 5.03. The van der Waals surface area contributed by atoms with Crippen molar-refractivity contribution < 1.29 is 10.2 Å². The van der Waals surface area contributed by atoms with Gasteiger partial charge in [0.25, 0.3) is 0 Å². The van der Waals surface area contributed by atoms with E-state index in [9.17, 15) is 0 Å². The molecule has 1 aromatic rings. The molecule has 0 fully saturated rings. The molecule has 0 bridgehead atoms. The molecule has 0 aromatic carbocycles. The Labute approximate surface area is 93.0 Å². The van der Waals surface area contributed by atoms with Crippen LogP contribution in [0.25, 0.3) is 0 Å². The van der Waals surface area contributed by atoms with Crippen molar-refractivity contribution in [3.8, 4) is 0 Å². The predicted molar refractivity (Wildman–Crippen MR) is 58.9 cm³/mol. The Morgan fingerprint density at radius 1 is 1.33 bits per heavy atom. The molecule has 15 heavy (non-hydrogen) atoms. The molecule has 1 heterocycles. The fourth-order valence-electron chi connectivity index (χ4n) is 1.74. The maximum Gasteiger partial charge on any atom is 0.107 e. The summed E-state index contributed by atoms with van der Waals surface area (Å²) in [5, 5.41) is 21.9. The summed E-state index contributed by atoms with van der Waals surface area (Å²) in [4.78, 5) is 5.94. The zero-order valence-electron chi connectivity index (χ0n) is 8.57. The van der Waals surface area contributed by atoms with Gasteiger partial charge in [0, 0.05) is 11.4 Å². The SMILES string of the molecule is OCC(CO)NCc1nc2c(s1)CCC2. The Morgan fingerprint density at radius 3 is 2.80 bits per heavy atom. The molecule has 0 amide bonds. The summed E-state index contributed by atoms with van der Waals surface area (Å²) in [6.45, 7) is 0.562. The Morgan fingerprint density at radius 2 is 2.13 bits per heavy atom. The van der Waals surface area contributed by atoms with Crippen LogP contribution in [0.1, 0.15) is 22.0 Å². The molecule has 1 aliphatic rings. The highest BCUT2D eigenvalue weighted by atomic mass is 32.1. The van der Waals surface area contributed by atoms with Crippen molar-refractivity contribution in [3.05, 3.63) is 15.6 Å². The van der Waals surface area contributed by atoms with Gasteiger partial charge in [0.15, 0.2) is 0 Å². The number of fused-ring (bicyclic) bond motifs is 1. The second-order valence-corrected chi connectivity index (χ2v) is 4.94. The monoisotopic (exact) mass is 228 g/mol. The molecule has 0 atom stereocenters. The largest absolute Gasteiger partial charge is 0.395 e. The number of aliphatic hydroxyl groups excluding tert-OH is 2. The number of hydrogen-bond donors (Lipinski definition) is 3. The number of rotatable bonds is 5. The minimum atomic E-state index is -0.233. The first-order valence-electron chi connectivity index (χ1n) is 5.26. The summed E-state index contributed by atoms with van der Waals surface area (Å²) in [6, 6.07) is -0.233. The number of hydrogen-bond acceptors (Lipinski definition) is 5. The van der Waals surface area contributed by atoms with E-state index in [1.165, 1.54) is 17.0 Å². The lowest BCUT2D eigenvalue weighted by atomic mass is 10.3. The van der Waals surface area contributed by atoms with Crippen LogP contribution in [-0.4, -0.2) is 34.5 Å². The average molecular weight is 228 g/mol. The molecule has 0 saturated carbocycles. The number of aryl methyl sites for hydroxylation is 2. The molecule has 0 saturated heterocycles. The Hall–Kier alpha value is -0.490. The summed E-state index contributed by atoms with van der Waals surface area (Å²) in [5.41, 5.74) is 1.25. The van der Waals surface area contributed by atoms with Gasteiger partial charge in [-0.15, -0.1) is 11.3 Å². The van der Waals surface area contributed by atoms with Crippen molar-refractivity contribution in [1.82, 2.24) is 10.3 Å². The van der Waals surface area contributed by atoms with E-state index >= 15 is 0 Å². The van der Waals surface area contributed by atoms with Crippen LogP contribution in [0.4, 0.5) is 0 Å². The van der Waals surface area contributed by atoms with Crippen molar-refractivity contribution in [2.45, 2.75) is 31.8 Å². The normalized spacial score (nSPS) is 14.9. The second-order valence-electron chi connectivity index (χ2n) is 3.77. The van der Waals surface area contributed by atoms with Gasteiger partial charge in [0.1, 0.15) is 5.01 Å². The number of nitrogens with zero attached hydrogens (tertiary/aromatic N) is 1. The molecule has 5 heteroatoms. The van der Waals surface area contributed by atoms with Gasteiger partial charge < -0.3 is 15.5 Å². The minimum absolute atomic E-state index is 0.0401. The Kier molecular flexibility index (Phi) is 3.69. The van der Waals surface area contributed by atoms with Crippen LogP contribution in [0.2, 0.25) is 0 Å². The van der Waals surface area contributed by atoms with Crippen molar-refractivity contribution in [1.29, 1.82) is 0 Å². The van der Waals surface area contributed by atoms with Crippen molar-refractivity contribution in [3.63, 3.8) is 0 Å². The average Bonchev–Trinajstić information content (AvgIpc) is 2.79. The van der Waals surface area contributed by atoms with Crippen LogP contribution in [0, 0.1) is 0 Å². The first kappa shape index (κ1) is 11.0. The molecule has 3 N–H and O–H groups in total. The number of aliphatic hydroxyl groups is 2. The molecular formula is C10H16N2O2S. The topological polar surface area (TPSA) is 65.4 Å². The maximum absolute atomic E-state index is 8.88. The van der Waals surface area contributed by atoms with E-state index in [-0.39, 0.29) is 19.3 Å². The molecule has 0 unspecified atom stereocenters. The predicted octanol–water partition coefficient (Wildman–Crippen LogP) is 0.0746. The summed E-state index contributed by atoms with van der Waals surface area (Å²) in [5.74, 6) is 0. The molecule has 0 spiro atoms. The van der Waals surface area contributed by atoms with Gasteiger partial charge in [0.2, 0.25) is 0 Å². The third-order valence-corrected chi connectivity index (χ3v) is 3.78. The minimum Gasteiger partial charge on any atom is -0.395 e. The molecular weight excluding hydrogens is 212 g/mol. The zero-order valence-corrected chi connectivity index (χ0v) is 9.39. The number of aromatic nitrogens is 1. The number of thiazole rings is 1. The fraction of sp³-hybridized carbons (Fsp3) is 0.700. The highest BCUT2D eigenvalue weighted by molar-refractivity contribution is 7.11. The van der Waals surface area contributed by atoms with Crippen molar-refractivity contribution >= 4 is 11.3 Å². The third-order valence-electron chi connectivity index (χ3n) is 2.62. The standard InChI is InChI=1S/C10H16N2O2S/c13-5-7(6-14)11-4-10-12-8-2-1-3-9(8)15-10/h7,11,13-14H,1-6H2. The van der Waals surface area contributed by atoms with E-state index in [0.717, 1.165) is 17.8 Å². The quantitative estimate of drug-likeness (QED) is 0.667. The molecule has 0 radical (unpaired) electrons. The lowest BCUT2D eigenvalue weighted by Gasteiger charge is -2.11. The highest BCUT2D eigenvalue weighted by Gasteiger charge is 2.16. The maximum atomic E-state index is 8.88. The zero-order chi connectivity index (χ0) is 10.7. The Balaban J connectivity index is 1.88. The molecule has 1 aromatic heterocycles. The van der Waals surface area contributed by atoms with Crippen molar-refractivity contribution in [2.75, 3.05) is 13.2 Å². The van der Waals surface area contributed by atoms with Crippen LogP contribution in [-0.2, 0) is 19.4 Å². The van der Waals surface area contributed by atoms with E-state index in [1.807, 2.05) is 0 Å². The lowest BCUT2D eigenvalue weighted by molar-refractivity contribution is 0.170. The number of nitrogens with one attached hydrogen (secondary N) is 1. The van der Waals surface area contributed by atoms with Gasteiger partial charge in [0.05, 0.1) is 24.9 Å². The lowest BCUT2D eigenvalue weighted by Crippen LogP contribution is -2.35. The van der Waals surface area contributed by atoms with Crippen molar-refractivity contribution in [2.24, 2.45) is 0 Å². The van der Waals surface area contributed by atoms with E-state index in [2.05, 4.69) is 10.3 Å². The fourth-order valence-corrected chi connectivity index (χ4v) is 2.85. The van der Waals surface area contributed by atoms with Crippen LogP contribution in [0.5, 0.6) is 0 Å². The molecule has 84 valence electrons. The van der Waals surface area contributed by atoms with Gasteiger partial charge in [-0.2, -0.15) is 0 Å². The van der Waals surface area contributed by atoms with E-state index in [1.54, 1.807) is 11.3 Å². The Bertz CT molecular complexity index is 302. The van der Waals surface area contributed by atoms with Gasteiger partial charge in [-0.25, -0.2) is 4.98 Å². The van der Waals surface area contributed by atoms with Gasteiger partial charge >= 0.3 is 0 Å². The van der Waals surface area contributed by atoms with E-state index in [0.29, 0.717) is 6.54 Å². The van der Waals surface area contributed by atoms with E-state index in [4.69, 9.17) is 10.2 Å². The summed E-state index contributed by atoms with van der Waals surface area (Å²) in [7, 11) is 0. The molecule has 4 nitrogen and oxygen atoms in total. The van der Waals surface area contributed by atoms with Gasteiger partial charge in [-0.05, 0) is 19.3 Å². The first-order valence-corrected chi connectivity index (χ1v) is 6.07. The highest BCUT2D eigenvalue weighted by Crippen LogP contribution is 2.27. The van der Waals surface area contributed by atoms with Crippen LogP contribution < -0.4 is 5.32 Å². The van der Waals surface area contributed by atoms with Gasteiger partial charge in [-0.3, -0.25) is 0 Å². The van der Waals surface area contributed by atoms with E-state index < -0.39 is 0 Å². The van der Waals surface area contributed by atoms with Crippen LogP contribution in [0.3, 0.4) is 0 Å². The molecule has 2 rings (SSSR count). The first-order chi connectivity index (χ1) is 7.33. The van der Waals surface area contributed by atoms with Crippen LogP contribution >= 0.6 is 11.3 Å². The van der Waals surface area contributed by atoms with Gasteiger partial charge in [-0.1, -0.05) is 0 Å². The third kappa shape index (κ3) is 2.55. The molecule has 1 aliphatic carbocycles. The summed E-state index contributed by atoms with van der Waals surface area (Å²) in [6.07, 6.45) is 3.50. The summed E-state index contributed by atoms with van der Waals surface area (Å²) >= 11 is 1.75. The van der Waals surface area contributed by atoms with Crippen LogP contribution in [0.15, 0.2) is 0 Å².